The Labute approximate surface area is 318 Å². The molecule has 12 aromatic rings. The van der Waals surface area contributed by atoms with Crippen molar-refractivity contribution in [2.24, 2.45) is 0 Å². The minimum Gasteiger partial charge on any atom is -0.455 e. The average Bonchev–Trinajstić information content (AvgIpc) is 4.01. The molecule has 6 nitrogen and oxygen atoms in total. The molecule has 0 atom stereocenters. The second-order valence-corrected chi connectivity index (χ2v) is 14.3. The highest BCUT2D eigenvalue weighted by Crippen LogP contribution is 2.43. The third-order valence-corrected chi connectivity index (χ3v) is 11.3. The molecule has 0 N–H and O–H groups in total. The van der Waals surface area contributed by atoms with Gasteiger partial charge in [-0.05, 0) is 90.0 Å². The summed E-state index contributed by atoms with van der Waals surface area (Å²) in [5.41, 5.74) is 11.6. The van der Waals surface area contributed by atoms with E-state index in [1.54, 1.807) is 0 Å². The standard InChI is InChI=1S/C50H26N4O2/c51-27-29-21-31(25-33(23-29)53-43-14-6-2-12-41(43)47-44(53)20-19-39-36-10-3-7-15-45(36)55-49(39)47)32-22-30(28-52)24-34(26-32)54-42-13-5-1-9-35(42)38-17-18-40-37-11-4-8-16-46(37)56-50(40)48(38)54/h1-26H. The molecule has 258 valence electrons. The van der Waals surface area contributed by atoms with Crippen molar-refractivity contribution >= 4 is 87.5 Å². The summed E-state index contributed by atoms with van der Waals surface area (Å²) in [6, 6.07) is 58.2. The first-order valence-electron chi connectivity index (χ1n) is 18.5. The maximum Gasteiger partial charge on any atom is 0.160 e. The normalized spacial score (nSPS) is 11.9. The van der Waals surface area contributed by atoms with E-state index in [0.717, 1.165) is 110 Å². The Hall–Kier alpha value is -8.06. The van der Waals surface area contributed by atoms with Gasteiger partial charge in [0.25, 0.3) is 0 Å². The second-order valence-electron chi connectivity index (χ2n) is 14.3. The quantitative estimate of drug-likeness (QED) is 0.182. The van der Waals surface area contributed by atoms with Crippen molar-refractivity contribution in [3.8, 4) is 34.6 Å². The van der Waals surface area contributed by atoms with Gasteiger partial charge in [0.05, 0.1) is 50.7 Å². The maximum atomic E-state index is 10.5. The van der Waals surface area contributed by atoms with Crippen molar-refractivity contribution in [3.05, 3.63) is 169 Å². The van der Waals surface area contributed by atoms with E-state index in [1.165, 1.54) is 0 Å². The van der Waals surface area contributed by atoms with Crippen molar-refractivity contribution in [2.45, 2.75) is 0 Å². The number of para-hydroxylation sites is 4. The van der Waals surface area contributed by atoms with Crippen LogP contribution in [-0.4, -0.2) is 9.13 Å². The van der Waals surface area contributed by atoms with Gasteiger partial charge in [-0.2, -0.15) is 10.5 Å². The lowest BCUT2D eigenvalue weighted by Crippen LogP contribution is -1.98. The Kier molecular flexibility index (Phi) is 6.10. The Morgan fingerprint density at radius 3 is 1.55 bits per heavy atom. The molecule has 0 unspecified atom stereocenters. The van der Waals surface area contributed by atoms with Crippen LogP contribution in [0.15, 0.2) is 167 Å². The fourth-order valence-electron chi connectivity index (χ4n) is 8.96. The summed E-state index contributed by atoms with van der Waals surface area (Å²) in [6.07, 6.45) is 0. The van der Waals surface area contributed by atoms with Crippen molar-refractivity contribution < 1.29 is 8.83 Å². The van der Waals surface area contributed by atoms with Gasteiger partial charge in [0.15, 0.2) is 5.58 Å². The molecule has 6 heteroatoms. The van der Waals surface area contributed by atoms with Crippen LogP contribution in [0.5, 0.6) is 0 Å². The molecule has 0 aliphatic heterocycles. The molecule has 8 aromatic carbocycles. The van der Waals surface area contributed by atoms with Crippen LogP contribution in [0.4, 0.5) is 0 Å². The summed E-state index contributed by atoms with van der Waals surface area (Å²) in [5.74, 6) is 0. The number of nitriles is 2. The number of hydrogen-bond acceptors (Lipinski definition) is 4. The zero-order valence-electron chi connectivity index (χ0n) is 29.6. The first kappa shape index (κ1) is 30.4. The Bertz CT molecular complexity index is 3750. The number of fused-ring (bicyclic) bond motifs is 14. The number of benzene rings is 8. The molecule has 0 radical (unpaired) electrons. The minimum absolute atomic E-state index is 0.508. The van der Waals surface area contributed by atoms with Crippen LogP contribution in [0.2, 0.25) is 0 Å². The van der Waals surface area contributed by atoms with Gasteiger partial charge in [-0.15, -0.1) is 0 Å². The Balaban J connectivity index is 1.12. The number of furan rings is 2. The average molecular weight is 715 g/mol. The van der Waals surface area contributed by atoms with Gasteiger partial charge in [-0.25, -0.2) is 0 Å². The van der Waals surface area contributed by atoms with Crippen LogP contribution in [-0.2, 0) is 0 Å². The third-order valence-electron chi connectivity index (χ3n) is 11.3. The summed E-state index contributed by atoms with van der Waals surface area (Å²) in [5, 5.41) is 29.4. The van der Waals surface area contributed by atoms with E-state index >= 15 is 0 Å². The summed E-state index contributed by atoms with van der Waals surface area (Å²) in [6.45, 7) is 0. The summed E-state index contributed by atoms with van der Waals surface area (Å²) >= 11 is 0. The van der Waals surface area contributed by atoms with Crippen molar-refractivity contribution in [1.29, 1.82) is 10.5 Å². The molecular weight excluding hydrogens is 689 g/mol. The zero-order chi connectivity index (χ0) is 37.1. The molecule has 4 aromatic heterocycles. The first-order chi connectivity index (χ1) is 27.7. The number of hydrogen-bond donors (Lipinski definition) is 0. The molecule has 0 saturated heterocycles. The Morgan fingerprint density at radius 2 is 0.893 bits per heavy atom. The lowest BCUT2D eigenvalue weighted by atomic mass is 9.99. The lowest BCUT2D eigenvalue weighted by molar-refractivity contribution is 0.671. The summed E-state index contributed by atoms with van der Waals surface area (Å²) < 4.78 is 17.6. The van der Waals surface area contributed by atoms with Crippen molar-refractivity contribution in [2.75, 3.05) is 0 Å². The number of aromatic nitrogens is 2. The number of nitrogens with zero attached hydrogens (tertiary/aromatic N) is 4. The molecule has 0 aliphatic rings. The first-order valence-corrected chi connectivity index (χ1v) is 18.5. The maximum absolute atomic E-state index is 10.5. The SMILES string of the molecule is N#Cc1cc(-c2cc(C#N)cc(-n3c4ccccc4c4ccc5c6ccccc6oc5c43)c2)cc(-n2c3ccccc3c3c4oc5ccccc5c4ccc32)c1. The second kappa shape index (κ2) is 11.2. The van der Waals surface area contributed by atoms with E-state index < -0.39 is 0 Å². The fraction of sp³-hybridized carbons (Fsp3) is 0. The van der Waals surface area contributed by atoms with Gasteiger partial charge in [0.2, 0.25) is 0 Å². The monoisotopic (exact) mass is 714 g/mol. The third kappa shape index (κ3) is 4.13. The van der Waals surface area contributed by atoms with Gasteiger partial charge in [-0.3, -0.25) is 0 Å². The largest absolute Gasteiger partial charge is 0.455 e. The minimum atomic E-state index is 0.508. The number of rotatable bonds is 3. The lowest BCUT2D eigenvalue weighted by Gasteiger charge is -2.14. The summed E-state index contributed by atoms with van der Waals surface area (Å²) in [7, 11) is 0. The van der Waals surface area contributed by atoms with E-state index in [4.69, 9.17) is 8.83 Å². The highest BCUT2D eigenvalue weighted by molar-refractivity contribution is 6.24. The van der Waals surface area contributed by atoms with E-state index in [1.807, 2.05) is 78.9 Å². The van der Waals surface area contributed by atoms with Crippen molar-refractivity contribution in [1.82, 2.24) is 9.13 Å². The van der Waals surface area contributed by atoms with E-state index in [-0.39, 0.29) is 0 Å². The molecule has 4 heterocycles. The Morgan fingerprint density at radius 1 is 0.393 bits per heavy atom. The molecule has 0 saturated carbocycles. The molecule has 0 amide bonds. The van der Waals surface area contributed by atoms with Crippen LogP contribution in [0, 0.1) is 22.7 Å². The molecule has 0 fully saturated rings. The van der Waals surface area contributed by atoms with Crippen LogP contribution in [0.3, 0.4) is 0 Å². The van der Waals surface area contributed by atoms with Crippen LogP contribution in [0.25, 0.3) is 110 Å². The molecule has 56 heavy (non-hydrogen) atoms. The predicted octanol–water partition coefficient (Wildman–Crippen LogP) is 13.1. The smallest absolute Gasteiger partial charge is 0.160 e. The van der Waals surface area contributed by atoms with Crippen LogP contribution >= 0.6 is 0 Å². The van der Waals surface area contributed by atoms with Gasteiger partial charge in [0, 0.05) is 49.1 Å². The fourth-order valence-corrected chi connectivity index (χ4v) is 8.96. The summed E-state index contributed by atoms with van der Waals surface area (Å²) in [4.78, 5) is 0. The predicted molar refractivity (Wildman–Crippen MR) is 225 cm³/mol. The van der Waals surface area contributed by atoms with Crippen molar-refractivity contribution in [3.63, 3.8) is 0 Å². The van der Waals surface area contributed by atoms with E-state index in [9.17, 15) is 10.5 Å². The van der Waals surface area contributed by atoms with Crippen LogP contribution in [0.1, 0.15) is 11.1 Å². The van der Waals surface area contributed by atoms with E-state index in [2.05, 4.69) is 100 Å². The van der Waals surface area contributed by atoms with Gasteiger partial charge in [-0.1, -0.05) is 78.9 Å². The van der Waals surface area contributed by atoms with E-state index in [0.29, 0.717) is 11.1 Å². The molecule has 0 spiro atoms. The topological polar surface area (TPSA) is 83.7 Å². The van der Waals surface area contributed by atoms with Crippen LogP contribution < -0.4 is 0 Å². The molecular formula is C50H26N4O2. The van der Waals surface area contributed by atoms with Gasteiger partial charge >= 0.3 is 0 Å². The molecule has 0 aliphatic carbocycles. The highest BCUT2D eigenvalue weighted by Gasteiger charge is 2.22. The van der Waals surface area contributed by atoms with Gasteiger partial charge in [0.1, 0.15) is 16.7 Å². The van der Waals surface area contributed by atoms with Gasteiger partial charge < -0.3 is 18.0 Å². The highest BCUT2D eigenvalue weighted by atomic mass is 16.3. The molecule has 0 bridgehead atoms. The zero-order valence-corrected chi connectivity index (χ0v) is 29.6. The molecule has 12 rings (SSSR count).